The van der Waals surface area contributed by atoms with Crippen LogP contribution in [0.1, 0.15) is 52.7 Å². The highest BCUT2D eigenvalue weighted by atomic mass is 16.5. The fourth-order valence-electron chi connectivity index (χ4n) is 4.40. The van der Waals surface area contributed by atoms with Crippen LogP contribution in [0.2, 0.25) is 0 Å². The fraction of sp³-hybridized carbons (Fsp3) is 0.435. The number of ether oxygens (including phenoxy) is 1. The quantitative estimate of drug-likeness (QED) is 0.858. The van der Waals surface area contributed by atoms with E-state index in [1.54, 1.807) is 18.2 Å². The van der Waals surface area contributed by atoms with Crippen LogP contribution in [0.25, 0.3) is 0 Å². The predicted octanol–water partition coefficient (Wildman–Crippen LogP) is 4.31. The summed E-state index contributed by atoms with van der Waals surface area (Å²) in [6.45, 7) is 2.69. The Kier molecular flexibility index (Phi) is 5.44. The van der Waals surface area contributed by atoms with Crippen molar-refractivity contribution >= 4 is 5.97 Å². The standard InChI is InChI=1S/C23H27NO3/c25-23(26)20-5-3-4-17(14-20)16-27-22-9-8-18-10-12-24(13-11-19(18)15-22)21-6-1-2-7-21/h3-5,8-9,14-15,21H,1-2,6-7,10-13,16H2,(H,25,26). The molecule has 0 aromatic heterocycles. The highest BCUT2D eigenvalue weighted by Gasteiger charge is 2.24. The van der Waals surface area contributed by atoms with Gasteiger partial charge in [0.15, 0.2) is 0 Å². The summed E-state index contributed by atoms with van der Waals surface area (Å²) in [6.07, 6.45) is 7.69. The molecular weight excluding hydrogens is 338 g/mol. The van der Waals surface area contributed by atoms with Crippen molar-refractivity contribution in [2.24, 2.45) is 0 Å². The summed E-state index contributed by atoms with van der Waals surface area (Å²) in [5.41, 5.74) is 4.00. The third-order valence-electron chi connectivity index (χ3n) is 5.93. The molecule has 1 aliphatic heterocycles. The topological polar surface area (TPSA) is 49.8 Å². The zero-order valence-corrected chi connectivity index (χ0v) is 15.7. The minimum absolute atomic E-state index is 0.296. The Morgan fingerprint density at radius 1 is 1.04 bits per heavy atom. The van der Waals surface area contributed by atoms with Crippen LogP contribution in [-0.2, 0) is 19.4 Å². The van der Waals surface area contributed by atoms with E-state index in [0.29, 0.717) is 12.2 Å². The van der Waals surface area contributed by atoms with Crippen LogP contribution in [0.4, 0.5) is 0 Å². The molecule has 0 saturated heterocycles. The summed E-state index contributed by atoms with van der Waals surface area (Å²) < 4.78 is 5.95. The molecule has 0 amide bonds. The van der Waals surface area contributed by atoms with Gasteiger partial charge in [0, 0.05) is 19.1 Å². The normalized spacial score (nSPS) is 18.1. The molecular formula is C23H27NO3. The Bertz CT molecular complexity index is 811. The molecule has 0 spiro atoms. The molecule has 0 radical (unpaired) electrons. The molecule has 0 bridgehead atoms. The lowest BCUT2D eigenvalue weighted by atomic mass is 10.0. The monoisotopic (exact) mass is 365 g/mol. The molecule has 2 aromatic rings. The van der Waals surface area contributed by atoms with Gasteiger partial charge < -0.3 is 9.84 Å². The van der Waals surface area contributed by atoms with E-state index >= 15 is 0 Å². The van der Waals surface area contributed by atoms with Crippen LogP contribution >= 0.6 is 0 Å². The van der Waals surface area contributed by atoms with Gasteiger partial charge in [-0.1, -0.05) is 31.0 Å². The number of carbonyl (C=O) groups is 1. The van der Waals surface area contributed by atoms with Crippen molar-refractivity contribution in [3.63, 3.8) is 0 Å². The number of hydrogen-bond donors (Lipinski definition) is 1. The number of rotatable bonds is 5. The van der Waals surface area contributed by atoms with Crippen LogP contribution in [0.15, 0.2) is 42.5 Å². The Labute approximate surface area is 160 Å². The summed E-state index contributed by atoms with van der Waals surface area (Å²) >= 11 is 0. The third kappa shape index (κ3) is 4.33. The van der Waals surface area contributed by atoms with Gasteiger partial charge in [0.25, 0.3) is 0 Å². The fourth-order valence-corrected chi connectivity index (χ4v) is 4.40. The van der Waals surface area contributed by atoms with Crippen LogP contribution in [0, 0.1) is 0 Å². The zero-order chi connectivity index (χ0) is 18.6. The average Bonchev–Trinajstić information content (AvgIpc) is 3.14. The maximum atomic E-state index is 11.1. The molecule has 1 heterocycles. The van der Waals surface area contributed by atoms with E-state index in [1.165, 1.54) is 43.4 Å². The molecule has 0 atom stereocenters. The van der Waals surface area contributed by atoms with E-state index in [2.05, 4.69) is 17.0 Å². The van der Waals surface area contributed by atoms with Gasteiger partial charge in [0.05, 0.1) is 5.56 Å². The first-order chi connectivity index (χ1) is 13.2. The van der Waals surface area contributed by atoms with Crippen LogP contribution < -0.4 is 4.74 Å². The number of nitrogens with zero attached hydrogens (tertiary/aromatic N) is 1. The van der Waals surface area contributed by atoms with Gasteiger partial charge in [0.2, 0.25) is 0 Å². The second-order valence-electron chi connectivity index (χ2n) is 7.70. The first-order valence-electron chi connectivity index (χ1n) is 10.00. The summed E-state index contributed by atoms with van der Waals surface area (Å²) in [5.74, 6) is -0.0440. The molecule has 4 heteroatoms. The van der Waals surface area contributed by atoms with Gasteiger partial charge in [-0.15, -0.1) is 0 Å². The first-order valence-corrected chi connectivity index (χ1v) is 10.00. The second kappa shape index (κ2) is 8.13. The number of carboxylic acid groups (broad SMARTS) is 1. The summed E-state index contributed by atoms with van der Waals surface area (Å²) in [4.78, 5) is 13.8. The number of fused-ring (bicyclic) bond motifs is 1. The van der Waals surface area contributed by atoms with Gasteiger partial charge in [0.1, 0.15) is 12.4 Å². The van der Waals surface area contributed by atoms with E-state index in [-0.39, 0.29) is 0 Å². The van der Waals surface area contributed by atoms with E-state index in [1.807, 2.05) is 12.1 Å². The molecule has 27 heavy (non-hydrogen) atoms. The Morgan fingerprint density at radius 2 is 1.81 bits per heavy atom. The van der Waals surface area contributed by atoms with Crippen molar-refractivity contribution in [3.05, 3.63) is 64.7 Å². The molecule has 2 aliphatic rings. The third-order valence-corrected chi connectivity index (χ3v) is 5.93. The van der Waals surface area contributed by atoms with Gasteiger partial charge in [-0.05, 0) is 66.6 Å². The number of benzene rings is 2. The SMILES string of the molecule is O=C(O)c1cccc(COc2ccc3c(c2)CCN(C2CCCC2)CC3)c1. The lowest BCUT2D eigenvalue weighted by Gasteiger charge is -2.26. The van der Waals surface area contributed by atoms with Crippen molar-refractivity contribution in [2.75, 3.05) is 13.1 Å². The lowest BCUT2D eigenvalue weighted by Crippen LogP contribution is -2.35. The highest BCUT2D eigenvalue weighted by molar-refractivity contribution is 5.87. The van der Waals surface area contributed by atoms with Crippen LogP contribution in [-0.4, -0.2) is 35.1 Å². The maximum absolute atomic E-state index is 11.1. The summed E-state index contributed by atoms with van der Waals surface area (Å²) in [6, 6.07) is 14.1. The van der Waals surface area contributed by atoms with E-state index in [4.69, 9.17) is 9.84 Å². The van der Waals surface area contributed by atoms with Gasteiger partial charge >= 0.3 is 5.97 Å². The molecule has 2 aromatic carbocycles. The Balaban J connectivity index is 1.40. The molecule has 1 saturated carbocycles. The minimum Gasteiger partial charge on any atom is -0.489 e. The maximum Gasteiger partial charge on any atom is 0.335 e. The van der Waals surface area contributed by atoms with Gasteiger partial charge in [-0.25, -0.2) is 4.79 Å². The average molecular weight is 365 g/mol. The molecule has 1 fully saturated rings. The van der Waals surface area contributed by atoms with Crippen LogP contribution in [0.5, 0.6) is 5.75 Å². The number of hydrogen-bond acceptors (Lipinski definition) is 3. The van der Waals surface area contributed by atoms with Crippen molar-refractivity contribution in [3.8, 4) is 5.75 Å². The van der Waals surface area contributed by atoms with E-state index in [9.17, 15) is 4.79 Å². The Morgan fingerprint density at radius 3 is 2.59 bits per heavy atom. The van der Waals surface area contributed by atoms with Crippen molar-refractivity contribution < 1.29 is 14.6 Å². The molecule has 1 N–H and O–H groups in total. The minimum atomic E-state index is -0.909. The number of aromatic carboxylic acids is 1. The van der Waals surface area contributed by atoms with E-state index < -0.39 is 5.97 Å². The molecule has 1 aliphatic carbocycles. The molecule has 142 valence electrons. The number of carboxylic acids is 1. The molecule has 0 unspecified atom stereocenters. The smallest absolute Gasteiger partial charge is 0.335 e. The first kappa shape index (κ1) is 18.1. The summed E-state index contributed by atoms with van der Waals surface area (Å²) in [5, 5.41) is 9.11. The van der Waals surface area contributed by atoms with Gasteiger partial charge in [-0.3, -0.25) is 4.90 Å². The van der Waals surface area contributed by atoms with Crippen molar-refractivity contribution in [1.29, 1.82) is 0 Å². The zero-order valence-electron chi connectivity index (χ0n) is 15.7. The highest BCUT2D eigenvalue weighted by Crippen LogP contribution is 2.28. The van der Waals surface area contributed by atoms with Crippen molar-refractivity contribution in [2.45, 2.75) is 51.2 Å². The Hall–Kier alpha value is -2.33. The second-order valence-corrected chi connectivity index (χ2v) is 7.70. The van der Waals surface area contributed by atoms with E-state index in [0.717, 1.165) is 36.7 Å². The largest absolute Gasteiger partial charge is 0.489 e. The van der Waals surface area contributed by atoms with Gasteiger partial charge in [-0.2, -0.15) is 0 Å². The molecule has 4 rings (SSSR count). The van der Waals surface area contributed by atoms with Crippen molar-refractivity contribution in [1.82, 2.24) is 4.90 Å². The summed E-state index contributed by atoms with van der Waals surface area (Å²) in [7, 11) is 0. The lowest BCUT2D eigenvalue weighted by molar-refractivity contribution is 0.0696. The predicted molar refractivity (Wildman–Crippen MR) is 105 cm³/mol. The van der Waals surface area contributed by atoms with Crippen LogP contribution in [0.3, 0.4) is 0 Å². The molecule has 4 nitrogen and oxygen atoms in total.